The number of methoxy groups -OCH3 is 1. The first-order valence-electron chi connectivity index (χ1n) is 9.33. The molecule has 1 aliphatic carbocycles. The van der Waals surface area contributed by atoms with Crippen molar-refractivity contribution in [1.29, 1.82) is 0 Å². The monoisotopic (exact) mass is 354 g/mol. The fourth-order valence-electron chi connectivity index (χ4n) is 4.63. The standard InChI is InChI=1S/C18H26O7/c1-21-14(20)9-11-5-6-12-15(22-11)17-16(13(10-19)23-12)24-18(25-17)7-3-2-4-8-18/h10-13,15-17H,2-9H2,1H3/t11-,12+,13+,15+,16?,17+/m1/s1. The quantitative estimate of drug-likeness (QED) is 0.561. The van der Waals surface area contributed by atoms with Gasteiger partial charge < -0.3 is 28.5 Å². The topological polar surface area (TPSA) is 80.3 Å². The number of carbonyl (C=O) groups is 2. The Morgan fingerprint density at radius 2 is 1.84 bits per heavy atom. The highest BCUT2D eigenvalue weighted by atomic mass is 16.8. The lowest BCUT2D eigenvalue weighted by molar-refractivity contribution is -0.235. The van der Waals surface area contributed by atoms with Crippen LogP contribution in [0, 0.1) is 0 Å². The van der Waals surface area contributed by atoms with Crippen molar-refractivity contribution >= 4 is 12.3 Å². The van der Waals surface area contributed by atoms with Crippen LogP contribution in [0.15, 0.2) is 0 Å². The molecule has 0 N–H and O–H groups in total. The van der Waals surface area contributed by atoms with Gasteiger partial charge >= 0.3 is 5.97 Å². The molecule has 6 atom stereocenters. The molecule has 0 amide bonds. The predicted octanol–water partition coefficient (Wildman–Crippen LogP) is 1.51. The van der Waals surface area contributed by atoms with Crippen LogP contribution in [0.1, 0.15) is 51.4 Å². The smallest absolute Gasteiger partial charge is 0.308 e. The molecule has 7 nitrogen and oxygen atoms in total. The summed E-state index contributed by atoms with van der Waals surface area (Å²) in [5.74, 6) is -0.888. The highest BCUT2D eigenvalue weighted by Crippen LogP contribution is 2.47. The minimum absolute atomic E-state index is 0.201. The molecule has 4 aliphatic rings. The molecular formula is C18H26O7. The lowest BCUT2D eigenvalue weighted by atomic mass is 9.89. The molecular weight excluding hydrogens is 328 g/mol. The maximum atomic E-state index is 11.6. The third kappa shape index (κ3) is 3.23. The fraction of sp³-hybridized carbons (Fsp3) is 0.889. The van der Waals surface area contributed by atoms with Crippen LogP contribution in [0.2, 0.25) is 0 Å². The van der Waals surface area contributed by atoms with E-state index in [1.807, 2.05) is 0 Å². The average Bonchev–Trinajstić information content (AvgIpc) is 3.00. The van der Waals surface area contributed by atoms with Gasteiger partial charge in [0.1, 0.15) is 24.4 Å². The molecule has 25 heavy (non-hydrogen) atoms. The van der Waals surface area contributed by atoms with Gasteiger partial charge in [0.2, 0.25) is 0 Å². The van der Waals surface area contributed by atoms with Gasteiger partial charge in [-0.05, 0) is 25.7 Å². The SMILES string of the molecule is COC(=O)C[C@H]1CC[C@@H]2O[C@@H](C=O)C3OC4(CCCCC4)O[C@H]3[C@H]2O1. The second-order valence-corrected chi connectivity index (χ2v) is 7.49. The molecule has 0 aromatic heterocycles. The first kappa shape index (κ1) is 17.4. The van der Waals surface area contributed by atoms with E-state index in [0.717, 1.165) is 38.4 Å². The second kappa shape index (κ2) is 6.95. The molecule has 3 aliphatic heterocycles. The minimum Gasteiger partial charge on any atom is -0.469 e. The van der Waals surface area contributed by atoms with Crippen molar-refractivity contribution in [3.8, 4) is 0 Å². The van der Waals surface area contributed by atoms with Gasteiger partial charge in [-0.15, -0.1) is 0 Å². The molecule has 3 heterocycles. The van der Waals surface area contributed by atoms with E-state index in [1.165, 1.54) is 13.5 Å². The Morgan fingerprint density at radius 3 is 2.56 bits per heavy atom. The van der Waals surface area contributed by atoms with Gasteiger partial charge in [0.15, 0.2) is 12.1 Å². The summed E-state index contributed by atoms with van der Waals surface area (Å²) in [6.45, 7) is 0. The summed E-state index contributed by atoms with van der Waals surface area (Å²) in [6, 6.07) is 0. The van der Waals surface area contributed by atoms with E-state index in [-0.39, 0.29) is 36.8 Å². The first-order valence-corrected chi connectivity index (χ1v) is 9.33. The number of fused-ring (bicyclic) bond motifs is 3. The van der Waals surface area contributed by atoms with Gasteiger partial charge in [0, 0.05) is 12.8 Å². The van der Waals surface area contributed by atoms with E-state index in [1.54, 1.807) is 0 Å². The zero-order valence-corrected chi connectivity index (χ0v) is 14.6. The molecule has 0 aromatic rings. The lowest BCUT2D eigenvalue weighted by Gasteiger charge is -2.45. The van der Waals surface area contributed by atoms with Crippen LogP contribution in [-0.4, -0.2) is 61.8 Å². The minimum atomic E-state index is -0.617. The number of aldehydes is 1. The number of esters is 1. The molecule has 1 spiro atoms. The summed E-state index contributed by atoms with van der Waals surface area (Å²) < 4.78 is 29.5. The van der Waals surface area contributed by atoms with Crippen molar-refractivity contribution < 1.29 is 33.3 Å². The molecule has 7 heteroatoms. The highest BCUT2D eigenvalue weighted by molar-refractivity contribution is 5.69. The van der Waals surface area contributed by atoms with Gasteiger partial charge in [0.25, 0.3) is 0 Å². The largest absolute Gasteiger partial charge is 0.469 e. The Labute approximate surface area is 147 Å². The summed E-state index contributed by atoms with van der Waals surface area (Å²) in [5, 5.41) is 0. The number of carbonyl (C=O) groups excluding carboxylic acids is 2. The van der Waals surface area contributed by atoms with E-state index in [0.29, 0.717) is 6.42 Å². The molecule has 1 saturated carbocycles. The molecule has 4 rings (SSSR count). The van der Waals surface area contributed by atoms with E-state index < -0.39 is 18.0 Å². The van der Waals surface area contributed by atoms with Crippen LogP contribution in [0.4, 0.5) is 0 Å². The fourth-order valence-corrected chi connectivity index (χ4v) is 4.63. The van der Waals surface area contributed by atoms with Gasteiger partial charge in [-0.25, -0.2) is 0 Å². The van der Waals surface area contributed by atoms with Crippen LogP contribution in [-0.2, 0) is 33.3 Å². The van der Waals surface area contributed by atoms with Crippen LogP contribution in [0.5, 0.6) is 0 Å². The Balaban J connectivity index is 1.51. The van der Waals surface area contributed by atoms with Crippen molar-refractivity contribution in [2.24, 2.45) is 0 Å². The van der Waals surface area contributed by atoms with Crippen LogP contribution in [0.3, 0.4) is 0 Å². The van der Waals surface area contributed by atoms with Crippen molar-refractivity contribution in [3.63, 3.8) is 0 Å². The molecule has 0 radical (unpaired) electrons. The van der Waals surface area contributed by atoms with E-state index in [4.69, 9.17) is 23.7 Å². The summed E-state index contributed by atoms with van der Waals surface area (Å²) in [6.07, 6.45) is 5.36. The normalized spacial score (nSPS) is 42.4. The Morgan fingerprint density at radius 1 is 1.08 bits per heavy atom. The Bertz CT molecular complexity index is 516. The molecule has 0 aromatic carbocycles. The summed E-state index contributed by atoms with van der Waals surface area (Å²) in [4.78, 5) is 23.1. The van der Waals surface area contributed by atoms with E-state index in [9.17, 15) is 9.59 Å². The van der Waals surface area contributed by atoms with E-state index in [2.05, 4.69) is 0 Å². The number of hydrogen-bond acceptors (Lipinski definition) is 7. The highest BCUT2D eigenvalue weighted by Gasteiger charge is 2.59. The molecule has 1 unspecified atom stereocenters. The van der Waals surface area contributed by atoms with Gasteiger partial charge in [-0.1, -0.05) is 6.42 Å². The number of hydrogen-bond donors (Lipinski definition) is 0. The Kier molecular flexibility index (Phi) is 4.83. The summed E-state index contributed by atoms with van der Waals surface area (Å²) >= 11 is 0. The average molecular weight is 354 g/mol. The predicted molar refractivity (Wildman–Crippen MR) is 84.8 cm³/mol. The van der Waals surface area contributed by atoms with Crippen LogP contribution < -0.4 is 0 Å². The van der Waals surface area contributed by atoms with Gasteiger partial charge in [-0.2, -0.15) is 0 Å². The van der Waals surface area contributed by atoms with Crippen LogP contribution >= 0.6 is 0 Å². The molecule has 0 bridgehead atoms. The lowest BCUT2D eigenvalue weighted by Crippen LogP contribution is -2.60. The zero-order valence-electron chi connectivity index (χ0n) is 14.6. The van der Waals surface area contributed by atoms with Crippen LogP contribution in [0.25, 0.3) is 0 Å². The second-order valence-electron chi connectivity index (χ2n) is 7.49. The maximum absolute atomic E-state index is 11.6. The van der Waals surface area contributed by atoms with Crippen molar-refractivity contribution in [1.82, 2.24) is 0 Å². The van der Waals surface area contributed by atoms with Crippen molar-refractivity contribution in [2.75, 3.05) is 7.11 Å². The van der Waals surface area contributed by atoms with Crippen molar-refractivity contribution in [3.05, 3.63) is 0 Å². The van der Waals surface area contributed by atoms with Crippen molar-refractivity contribution in [2.45, 2.75) is 93.8 Å². The zero-order chi connectivity index (χ0) is 17.4. The summed E-state index contributed by atoms with van der Waals surface area (Å²) in [7, 11) is 1.38. The van der Waals surface area contributed by atoms with Gasteiger partial charge in [0.05, 0.1) is 25.7 Å². The maximum Gasteiger partial charge on any atom is 0.308 e. The first-order chi connectivity index (χ1) is 12.1. The molecule has 140 valence electrons. The third-order valence-electron chi connectivity index (χ3n) is 5.87. The van der Waals surface area contributed by atoms with Gasteiger partial charge in [-0.3, -0.25) is 4.79 Å². The number of ether oxygens (including phenoxy) is 5. The Hall–Kier alpha value is -1.02. The molecule has 3 saturated heterocycles. The third-order valence-corrected chi connectivity index (χ3v) is 5.87. The number of rotatable bonds is 3. The van der Waals surface area contributed by atoms with E-state index >= 15 is 0 Å². The summed E-state index contributed by atoms with van der Waals surface area (Å²) in [5.41, 5.74) is 0. The molecule has 4 fully saturated rings.